The van der Waals surface area contributed by atoms with Gasteiger partial charge in [0, 0.05) is 0 Å². The van der Waals surface area contributed by atoms with Crippen LogP contribution >= 0.6 is 0 Å². The molecule has 0 fully saturated rings. The van der Waals surface area contributed by atoms with Crippen LogP contribution in [0, 0.1) is 10.8 Å². The van der Waals surface area contributed by atoms with Gasteiger partial charge in [-0.15, -0.1) is 0 Å². The fourth-order valence-corrected chi connectivity index (χ4v) is 2.65. The number of rotatable bonds is 1. The fourth-order valence-electron chi connectivity index (χ4n) is 2.65. The molecule has 0 amide bonds. The van der Waals surface area contributed by atoms with E-state index in [4.69, 9.17) is 0 Å². The highest BCUT2D eigenvalue weighted by molar-refractivity contribution is 5.86. The van der Waals surface area contributed by atoms with Crippen LogP contribution in [0.15, 0.2) is 54.6 Å². The van der Waals surface area contributed by atoms with Gasteiger partial charge in [-0.25, -0.2) is 0 Å². The molecule has 0 radical (unpaired) electrons. The standard InChI is InChI=1S/C14H16.C11H22/c1-14(2,3)13-10-6-8-11-7-4-5-9-12(11)13;1-10(2,3)8-7-9-11(4,5)6/h4-10H,1-3H3;7-8H,9H2,1-6H3. The van der Waals surface area contributed by atoms with Crippen LogP contribution in [0.5, 0.6) is 0 Å². The lowest BCUT2D eigenvalue weighted by atomic mass is 9.84. The average molecular weight is 339 g/mol. The predicted molar refractivity (Wildman–Crippen MR) is 115 cm³/mol. The average Bonchev–Trinajstić information content (AvgIpc) is 2.43. The lowest BCUT2D eigenvalue weighted by molar-refractivity contribution is 0.417. The molecule has 2 aromatic rings. The minimum absolute atomic E-state index is 0.223. The Hall–Kier alpha value is -1.56. The maximum Gasteiger partial charge on any atom is -0.0126 e. The second-order valence-electron chi connectivity index (χ2n) is 10.3. The Morgan fingerprint density at radius 3 is 1.80 bits per heavy atom. The SMILES string of the molecule is CC(C)(C)C=CCC(C)(C)C.CC(C)(C)c1cccc2ccccc12. The maximum absolute atomic E-state index is 2.29. The van der Waals surface area contributed by atoms with Gasteiger partial charge in [-0.2, -0.15) is 0 Å². The third kappa shape index (κ3) is 8.38. The van der Waals surface area contributed by atoms with Crippen molar-refractivity contribution in [1.82, 2.24) is 0 Å². The first-order valence-corrected chi connectivity index (χ1v) is 9.46. The second-order valence-corrected chi connectivity index (χ2v) is 10.3. The maximum atomic E-state index is 2.29. The van der Waals surface area contributed by atoms with Crippen LogP contribution in [0.25, 0.3) is 10.8 Å². The monoisotopic (exact) mass is 338 g/mol. The van der Waals surface area contributed by atoms with Gasteiger partial charge in [0.25, 0.3) is 0 Å². The van der Waals surface area contributed by atoms with Crippen LogP contribution in [-0.2, 0) is 5.41 Å². The quantitative estimate of drug-likeness (QED) is 0.460. The number of hydrogen-bond donors (Lipinski definition) is 0. The minimum Gasteiger partial charge on any atom is -0.0875 e. The first kappa shape index (κ1) is 21.5. The lowest BCUT2D eigenvalue weighted by Crippen LogP contribution is -2.11. The molecular formula is C25H38. The molecule has 0 aliphatic heterocycles. The van der Waals surface area contributed by atoms with Crippen LogP contribution in [0.4, 0.5) is 0 Å². The molecule has 0 aliphatic carbocycles. The van der Waals surface area contributed by atoms with Crippen LogP contribution in [-0.4, -0.2) is 0 Å². The van der Waals surface area contributed by atoms with Gasteiger partial charge >= 0.3 is 0 Å². The first-order valence-electron chi connectivity index (χ1n) is 9.46. The predicted octanol–water partition coefficient (Wildman–Crippen LogP) is 8.16. The van der Waals surface area contributed by atoms with Gasteiger partial charge in [-0.3, -0.25) is 0 Å². The lowest BCUT2D eigenvalue weighted by Gasteiger charge is -2.21. The van der Waals surface area contributed by atoms with Crippen LogP contribution in [0.2, 0.25) is 0 Å². The number of benzene rings is 2. The summed E-state index contributed by atoms with van der Waals surface area (Å²) in [6, 6.07) is 15.1. The Balaban J connectivity index is 0.000000260. The van der Waals surface area contributed by atoms with Crippen LogP contribution < -0.4 is 0 Å². The van der Waals surface area contributed by atoms with E-state index in [2.05, 4.69) is 117 Å². The van der Waals surface area contributed by atoms with E-state index in [9.17, 15) is 0 Å². The topological polar surface area (TPSA) is 0 Å². The molecule has 0 heteroatoms. The third-order valence-corrected chi connectivity index (χ3v) is 3.95. The Kier molecular flexibility index (Phi) is 7.06. The fraction of sp³-hybridized carbons (Fsp3) is 0.520. The van der Waals surface area contributed by atoms with Crippen molar-refractivity contribution in [1.29, 1.82) is 0 Å². The summed E-state index contributed by atoms with van der Waals surface area (Å²) in [7, 11) is 0. The zero-order valence-corrected chi connectivity index (χ0v) is 17.9. The zero-order chi connectivity index (χ0) is 19.3. The van der Waals surface area contributed by atoms with E-state index >= 15 is 0 Å². The Labute approximate surface area is 156 Å². The van der Waals surface area contributed by atoms with Crippen molar-refractivity contribution in [3.63, 3.8) is 0 Å². The summed E-state index contributed by atoms with van der Waals surface area (Å²) in [5.74, 6) is 0. The summed E-state index contributed by atoms with van der Waals surface area (Å²) in [4.78, 5) is 0. The minimum atomic E-state index is 0.223. The Morgan fingerprint density at radius 2 is 1.28 bits per heavy atom. The molecule has 0 saturated carbocycles. The largest absolute Gasteiger partial charge is 0.0875 e. The van der Waals surface area contributed by atoms with Crippen LogP contribution in [0.1, 0.15) is 74.3 Å². The van der Waals surface area contributed by atoms with E-state index < -0.39 is 0 Å². The normalized spacial score (nSPS) is 13.0. The van der Waals surface area contributed by atoms with Gasteiger partial charge < -0.3 is 0 Å². The smallest absolute Gasteiger partial charge is 0.0126 e. The molecule has 2 rings (SSSR count). The number of fused-ring (bicyclic) bond motifs is 1. The molecule has 0 nitrogen and oxygen atoms in total. The van der Waals surface area contributed by atoms with E-state index in [-0.39, 0.29) is 5.41 Å². The molecule has 0 spiro atoms. The van der Waals surface area contributed by atoms with Crippen molar-refractivity contribution < 1.29 is 0 Å². The molecule has 0 aliphatic rings. The highest BCUT2D eigenvalue weighted by Gasteiger charge is 2.15. The van der Waals surface area contributed by atoms with Crippen molar-refractivity contribution in [3.8, 4) is 0 Å². The van der Waals surface area contributed by atoms with E-state index in [0.717, 1.165) is 0 Å². The summed E-state index contributed by atoms with van der Waals surface area (Å²) in [6.45, 7) is 20.3. The summed E-state index contributed by atoms with van der Waals surface area (Å²) >= 11 is 0. The Morgan fingerprint density at radius 1 is 0.720 bits per heavy atom. The number of allylic oxidation sites excluding steroid dienone is 2. The van der Waals surface area contributed by atoms with E-state index in [1.54, 1.807) is 0 Å². The highest BCUT2D eigenvalue weighted by atomic mass is 14.2. The molecule has 25 heavy (non-hydrogen) atoms. The van der Waals surface area contributed by atoms with Crippen molar-refractivity contribution in [2.24, 2.45) is 10.8 Å². The van der Waals surface area contributed by atoms with Crippen molar-refractivity contribution in [2.45, 2.75) is 74.1 Å². The van der Waals surface area contributed by atoms with Gasteiger partial charge in [-0.05, 0) is 39.0 Å². The van der Waals surface area contributed by atoms with E-state index in [0.29, 0.717) is 10.8 Å². The first-order chi connectivity index (χ1) is 11.3. The number of hydrogen-bond acceptors (Lipinski definition) is 0. The van der Waals surface area contributed by atoms with E-state index in [1.807, 2.05) is 0 Å². The third-order valence-electron chi connectivity index (χ3n) is 3.95. The van der Waals surface area contributed by atoms with Crippen molar-refractivity contribution >= 4 is 10.8 Å². The molecule has 0 saturated heterocycles. The molecule has 0 heterocycles. The zero-order valence-electron chi connectivity index (χ0n) is 17.9. The Bertz CT molecular complexity index is 677. The highest BCUT2D eigenvalue weighted by Crippen LogP contribution is 2.29. The molecule has 0 N–H and O–H groups in total. The summed E-state index contributed by atoms with van der Waals surface area (Å²) in [6.07, 6.45) is 5.75. The van der Waals surface area contributed by atoms with Gasteiger partial charge in [-0.1, -0.05) is 117 Å². The summed E-state index contributed by atoms with van der Waals surface area (Å²) in [5.41, 5.74) is 2.42. The molecular weight excluding hydrogens is 300 g/mol. The molecule has 0 bridgehead atoms. The van der Waals surface area contributed by atoms with E-state index in [1.165, 1.54) is 22.8 Å². The second kappa shape index (κ2) is 8.21. The molecule has 0 unspecified atom stereocenters. The summed E-state index contributed by atoms with van der Waals surface area (Å²) < 4.78 is 0. The molecule has 0 aromatic heterocycles. The molecule has 138 valence electrons. The molecule has 2 aromatic carbocycles. The summed E-state index contributed by atoms with van der Waals surface area (Å²) in [5, 5.41) is 2.71. The van der Waals surface area contributed by atoms with Gasteiger partial charge in [0.15, 0.2) is 0 Å². The molecule has 0 atom stereocenters. The van der Waals surface area contributed by atoms with Crippen molar-refractivity contribution in [3.05, 3.63) is 60.2 Å². The van der Waals surface area contributed by atoms with Gasteiger partial charge in [0.05, 0.1) is 0 Å². The van der Waals surface area contributed by atoms with Crippen molar-refractivity contribution in [2.75, 3.05) is 0 Å². The van der Waals surface area contributed by atoms with Gasteiger partial charge in [0.1, 0.15) is 0 Å². The van der Waals surface area contributed by atoms with Gasteiger partial charge in [0.2, 0.25) is 0 Å². The van der Waals surface area contributed by atoms with Crippen LogP contribution in [0.3, 0.4) is 0 Å².